The van der Waals surface area contributed by atoms with E-state index in [0.717, 1.165) is 17.1 Å². The molecule has 1 unspecified atom stereocenters. The van der Waals surface area contributed by atoms with Crippen molar-refractivity contribution in [3.8, 4) is 0 Å². The molecule has 0 radical (unpaired) electrons. The molecule has 6 nitrogen and oxygen atoms in total. The quantitative estimate of drug-likeness (QED) is 0.883. The predicted molar refractivity (Wildman–Crippen MR) is 65.5 cm³/mol. The number of aromatic amines is 1. The van der Waals surface area contributed by atoms with Crippen LogP contribution >= 0.6 is 0 Å². The maximum atomic E-state index is 12.0. The Hall–Kier alpha value is -1.60. The molecular weight excluding hydrogens is 254 g/mol. The molecule has 0 aliphatic rings. The Morgan fingerprint density at radius 2 is 2.17 bits per heavy atom. The third-order valence-corrected chi connectivity index (χ3v) is 4.17. The highest BCUT2D eigenvalue weighted by molar-refractivity contribution is 7.89. The second-order valence-corrected chi connectivity index (χ2v) is 5.86. The molecule has 18 heavy (non-hydrogen) atoms. The van der Waals surface area contributed by atoms with Crippen molar-refractivity contribution in [2.45, 2.75) is 31.7 Å². The molecule has 2 aromatic rings. The molecule has 0 fully saturated rings. The van der Waals surface area contributed by atoms with Crippen LogP contribution in [0.3, 0.4) is 0 Å². The normalized spacial score (nSPS) is 13.7. The second-order valence-electron chi connectivity index (χ2n) is 4.15. The largest absolute Gasteiger partial charge is 0.466 e. The van der Waals surface area contributed by atoms with E-state index in [2.05, 4.69) is 14.9 Å². The average Bonchev–Trinajstić information content (AvgIpc) is 2.86. The fourth-order valence-corrected chi connectivity index (χ4v) is 2.96. The van der Waals surface area contributed by atoms with Crippen molar-refractivity contribution in [1.29, 1.82) is 0 Å². The molecule has 7 heteroatoms. The summed E-state index contributed by atoms with van der Waals surface area (Å²) in [5.41, 5.74) is 0.833. The Labute approximate surface area is 105 Å². The van der Waals surface area contributed by atoms with Crippen molar-refractivity contribution < 1.29 is 12.8 Å². The van der Waals surface area contributed by atoms with E-state index in [1.807, 2.05) is 19.9 Å². The summed E-state index contributed by atoms with van der Waals surface area (Å²) in [4.78, 5) is 0.118. The van der Waals surface area contributed by atoms with Crippen molar-refractivity contribution in [2.24, 2.45) is 0 Å². The van der Waals surface area contributed by atoms with Gasteiger partial charge in [-0.1, -0.05) is 0 Å². The van der Waals surface area contributed by atoms with E-state index in [1.165, 1.54) is 12.4 Å². The minimum Gasteiger partial charge on any atom is -0.466 e. The number of hydrogen-bond acceptors (Lipinski definition) is 4. The van der Waals surface area contributed by atoms with Crippen LogP contribution in [0.4, 0.5) is 0 Å². The molecule has 2 heterocycles. The van der Waals surface area contributed by atoms with Crippen LogP contribution in [-0.4, -0.2) is 18.6 Å². The lowest BCUT2D eigenvalue weighted by atomic mass is 10.1. The first-order chi connectivity index (χ1) is 8.40. The summed E-state index contributed by atoms with van der Waals surface area (Å²) in [6, 6.07) is 1.47. The number of nitrogens with zero attached hydrogens (tertiary/aromatic N) is 1. The fraction of sp³-hybridized carbons (Fsp3) is 0.364. The van der Waals surface area contributed by atoms with Gasteiger partial charge in [0.2, 0.25) is 10.0 Å². The molecule has 0 saturated heterocycles. The zero-order valence-electron chi connectivity index (χ0n) is 10.4. The zero-order chi connectivity index (χ0) is 13.3. The molecule has 0 saturated carbocycles. The van der Waals surface area contributed by atoms with Gasteiger partial charge in [0.25, 0.3) is 0 Å². The number of furan rings is 1. The summed E-state index contributed by atoms with van der Waals surface area (Å²) in [6.07, 6.45) is 2.60. The van der Waals surface area contributed by atoms with Gasteiger partial charge >= 0.3 is 0 Å². The summed E-state index contributed by atoms with van der Waals surface area (Å²) in [5.74, 6) is 1.48. The number of aromatic nitrogens is 2. The van der Waals surface area contributed by atoms with Gasteiger partial charge in [-0.2, -0.15) is 5.10 Å². The van der Waals surface area contributed by atoms with Crippen molar-refractivity contribution in [3.63, 3.8) is 0 Å². The van der Waals surface area contributed by atoms with E-state index < -0.39 is 10.0 Å². The van der Waals surface area contributed by atoms with E-state index in [9.17, 15) is 8.42 Å². The van der Waals surface area contributed by atoms with Crippen LogP contribution in [0.25, 0.3) is 0 Å². The van der Waals surface area contributed by atoms with Crippen molar-refractivity contribution in [3.05, 3.63) is 35.5 Å². The van der Waals surface area contributed by atoms with Crippen LogP contribution < -0.4 is 4.72 Å². The van der Waals surface area contributed by atoms with E-state index >= 15 is 0 Å². The Balaban J connectivity index is 2.22. The van der Waals surface area contributed by atoms with Gasteiger partial charge in [-0.25, -0.2) is 13.1 Å². The lowest BCUT2D eigenvalue weighted by molar-refractivity contribution is 0.496. The van der Waals surface area contributed by atoms with E-state index in [-0.39, 0.29) is 10.9 Å². The summed E-state index contributed by atoms with van der Waals surface area (Å²) in [7, 11) is -3.56. The summed E-state index contributed by atoms with van der Waals surface area (Å²) >= 11 is 0. The molecule has 2 aromatic heterocycles. The van der Waals surface area contributed by atoms with Gasteiger partial charge in [0.05, 0.1) is 6.20 Å². The van der Waals surface area contributed by atoms with Gasteiger partial charge in [-0.15, -0.1) is 0 Å². The Morgan fingerprint density at radius 1 is 1.44 bits per heavy atom. The smallest absolute Gasteiger partial charge is 0.244 e. The number of rotatable bonds is 4. The third kappa shape index (κ3) is 2.46. The predicted octanol–water partition coefficient (Wildman–Crippen LogP) is 1.66. The summed E-state index contributed by atoms with van der Waals surface area (Å²) in [6.45, 7) is 5.41. The number of aryl methyl sites for hydroxylation is 2. The zero-order valence-corrected chi connectivity index (χ0v) is 11.2. The van der Waals surface area contributed by atoms with Gasteiger partial charge < -0.3 is 4.42 Å². The van der Waals surface area contributed by atoms with E-state index in [0.29, 0.717) is 0 Å². The molecule has 0 aliphatic carbocycles. The lowest BCUT2D eigenvalue weighted by Gasteiger charge is -2.12. The van der Waals surface area contributed by atoms with Gasteiger partial charge in [-0.05, 0) is 26.8 Å². The van der Waals surface area contributed by atoms with Crippen LogP contribution in [-0.2, 0) is 10.0 Å². The number of nitrogens with one attached hydrogen (secondary N) is 2. The third-order valence-electron chi connectivity index (χ3n) is 2.66. The molecule has 0 aliphatic heterocycles. The Bertz CT molecular complexity index is 629. The first kappa shape index (κ1) is 12.8. The molecular formula is C11H15N3O3S. The highest BCUT2D eigenvalue weighted by Crippen LogP contribution is 2.22. The second kappa shape index (κ2) is 4.58. The first-order valence-electron chi connectivity index (χ1n) is 5.48. The monoisotopic (exact) mass is 269 g/mol. The van der Waals surface area contributed by atoms with Crippen LogP contribution in [0.1, 0.15) is 30.0 Å². The number of hydrogen-bond donors (Lipinski definition) is 2. The molecule has 0 amide bonds. The van der Waals surface area contributed by atoms with Gasteiger partial charge in [-0.3, -0.25) is 5.10 Å². The number of sulfonamides is 1. The van der Waals surface area contributed by atoms with Crippen LogP contribution in [0.2, 0.25) is 0 Å². The topological polar surface area (TPSA) is 88.0 Å². The molecule has 98 valence electrons. The molecule has 2 N–H and O–H groups in total. The van der Waals surface area contributed by atoms with E-state index in [4.69, 9.17) is 4.42 Å². The average molecular weight is 269 g/mol. The molecule has 1 atom stereocenters. The minimum absolute atomic E-state index is 0.118. The molecule has 0 bridgehead atoms. The SMILES string of the molecule is Cc1cc(C(C)NS(=O)(=O)c2cn[nH]c2)c(C)o1. The van der Waals surface area contributed by atoms with Crippen molar-refractivity contribution in [1.82, 2.24) is 14.9 Å². The highest BCUT2D eigenvalue weighted by atomic mass is 32.2. The summed E-state index contributed by atoms with van der Waals surface area (Å²) < 4.78 is 32.0. The standard InChI is InChI=1S/C11H15N3O3S/c1-7-4-11(9(3)17-7)8(2)14-18(15,16)10-5-12-13-6-10/h4-6,8,14H,1-3H3,(H,12,13). The molecule has 0 aromatic carbocycles. The van der Waals surface area contributed by atoms with Gasteiger partial charge in [0.1, 0.15) is 16.4 Å². The lowest BCUT2D eigenvalue weighted by Crippen LogP contribution is -2.26. The Kier molecular flexibility index (Phi) is 3.27. The van der Waals surface area contributed by atoms with Gasteiger partial charge in [0, 0.05) is 17.8 Å². The van der Waals surface area contributed by atoms with E-state index in [1.54, 1.807) is 6.92 Å². The molecule has 0 spiro atoms. The van der Waals surface area contributed by atoms with Crippen LogP contribution in [0.5, 0.6) is 0 Å². The molecule has 2 rings (SSSR count). The maximum absolute atomic E-state index is 12.0. The first-order valence-corrected chi connectivity index (χ1v) is 6.96. The highest BCUT2D eigenvalue weighted by Gasteiger charge is 2.21. The number of H-pyrrole nitrogens is 1. The van der Waals surface area contributed by atoms with Crippen molar-refractivity contribution in [2.75, 3.05) is 0 Å². The van der Waals surface area contributed by atoms with Crippen LogP contribution in [0.15, 0.2) is 27.8 Å². The maximum Gasteiger partial charge on any atom is 0.244 e. The summed E-state index contributed by atoms with van der Waals surface area (Å²) in [5, 5.41) is 6.10. The minimum atomic E-state index is -3.56. The Morgan fingerprint density at radius 3 is 2.67 bits per heavy atom. The van der Waals surface area contributed by atoms with Crippen LogP contribution in [0, 0.1) is 13.8 Å². The van der Waals surface area contributed by atoms with Gasteiger partial charge in [0.15, 0.2) is 0 Å². The fourth-order valence-electron chi connectivity index (χ4n) is 1.83. The van der Waals surface area contributed by atoms with Crippen molar-refractivity contribution >= 4 is 10.0 Å².